The van der Waals surface area contributed by atoms with Crippen molar-refractivity contribution < 1.29 is 8.42 Å². The zero-order chi connectivity index (χ0) is 30.1. The minimum Gasteiger partial charge on any atom is -0.219 e. The SMILES string of the molecule is Cc1ccc(-c2cc(-c3ccc(C)cc3)cc(S(=O)(=O)c3cc(-c4ccc(C)cc4)cc(-c4ccc(C)cc4)c3)c2)cc1. The average molecular weight is 579 g/mol. The molecular weight excluding hydrogens is 545 g/mol. The first-order valence-electron chi connectivity index (χ1n) is 14.5. The van der Waals surface area contributed by atoms with Crippen LogP contribution in [0.1, 0.15) is 22.3 Å². The third-order valence-electron chi connectivity index (χ3n) is 7.97. The van der Waals surface area contributed by atoms with Gasteiger partial charge in [-0.3, -0.25) is 0 Å². The zero-order valence-corrected chi connectivity index (χ0v) is 25.7. The van der Waals surface area contributed by atoms with Crippen LogP contribution in [0.2, 0.25) is 0 Å². The molecule has 0 saturated carbocycles. The summed E-state index contributed by atoms with van der Waals surface area (Å²) in [7, 11) is -3.89. The number of benzene rings is 6. The van der Waals surface area contributed by atoms with Crippen LogP contribution in [-0.4, -0.2) is 8.42 Å². The molecule has 6 rings (SSSR count). The van der Waals surface area contributed by atoms with Gasteiger partial charge < -0.3 is 0 Å². The van der Waals surface area contributed by atoms with Gasteiger partial charge in [0.2, 0.25) is 9.84 Å². The fourth-order valence-electron chi connectivity index (χ4n) is 5.30. The maximum Gasteiger partial charge on any atom is 0.206 e. The number of aryl methyl sites for hydroxylation is 4. The predicted molar refractivity (Wildman–Crippen MR) is 179 cm³/mol. The molecule has 0 aliphatic rings. The molecular formula is C40H34O2S. The zero-order valence-electron chi connectivity index (χ0n) is 24.9. The van der Waals surface area contributed by atoms with Gasteiger partial charge in [-0.15, -0.1) is 0 Å². The van der Waals surface area contributed by atoms with Gasteiger partial charge in [0.15, 0.2) is 0 Å². The van der Waals surface area contributed by atoms with E-state index in [1.54, 1.807) is 0 Å². The summed E-state index contributed by atoms with van der Waals surface area (Å²) >= 11 is 0. The van der Waals surface area contributed by atoms with E-state index in [0.717, 1.165) is 66.8 Å². The first-order valence-corrected chi connectivity index (χ1v) is 16.0. The lowest BCUT2D eigenvalue weighted by Crippen LogP contribution is -2.04. The van der Waals surface area contributed by atoms with Gasteiger partial charge in [0.05, 0.1) is 9.79 Å². The van der Waals surface area contributed by atoms with Gasteiger partial charge in [0.1, 0.15) is 0 Å². The van der Waals surface area contributed by atoms with Crippen molar-refractivity contribution in [3.8, 4) is 44.5 Å². The Hall–Kier alpha value is -4.73. The third-order valence-corrected chi connectivity index (χ3v) is 9.69. The molecule has 0 spiro atoms. The fourth-order valence-corrected chi connectivity index (χ4v) is 6.70. The fraction of sp³-hybridized carbons (Fsp3) is 0.100. The molecule has 2 nitrogen and oxygen atoms in total. The molecule has 6 aromatic carbocycles. The van der Waals surface area contributed by atoms with Gasteiger partial charge in [-0.25, -0.2) is 8.42 Å². The maximum absolute atomic E-state index is 14.6. The monoisotopic (exact) mass is 578 g/mol. The van der Waals surface area contributed by atoms with E-state index in [4.69, 9.17) is 0 Å². The Bertz CT molecular complexity index is 1750. The smallest absolute Gasteiger partial charge is 0.206 e. The van der Waals surface area contributed by atoms with Crippen molar-refractivity contribution in [1.82, 2.24) is 0 Å². The van der Waals surface area contributed by atoms with E-state index < -0.39 is 9.84 Å². The van der Waals surface area contributed by atoms with Crippen LogP contribution in [0.3, 0.4) is 0 Å². The van der Waals surface area contributed by atoms with E-state index in [9.17, 15) is 8.42 Å². The summed E-state index contributed by atoms with van der Waals surface area (Å²) in [6.07, 6.45) is 0. The van der Waals surface area contributed by atoms with Crippen LogP contribution < -0.4 is 0 Å². The van der Waals surface area contributed by atoms with E-state index in [0.29, 0.717) is 0 Å². The minimum absolute atomic E-state index is 0.275. The molecule has 3 heteroatoms. The first-order chi connectivity index (χ1) is 20.7. The third kappa shape index (κ3) is 6.09. The highest BCUT2D eigenvalue weighted by molar-refractivity contribution is 7.91. The molecule has 0 heterocycles. The van der Waals surface area contributed by atoms with Gasteiger partial charge in [0.25, 0.3) is 0 Å². The van der Waals surface area contributed by atoms with Crippen LogP contribution in [0.5, 0.6) is 0 Å². The second kappa shape index (κ2) is 11.5. The number of hydrogen-bond acceptors (Lipinski definition) is 2. The van der Waals surface area contributed by atoms with Gasteiger partial charge in [-0.1, -0.05) is 119 Å². The van der Waals surface area contributed by atoms with Crippen molar-refractivity contribution >= 4 is 9.84 Å². The van der Waals surface area contributed by atoms with Crippen molar-refractivity contribution in [2.45, 2.75) is 37.5 Å². The Labute approximate surface area is 255 Å². The molecule has 0 N–H and O–H groups in total. The van der Waals surface area contributed by atoms with E-state index >= 15 is 0 Å². The lowest BCUT2D eigenvalue weighted by molar-refractivity contribution is 0.596. The minimum atomic E-state index is -3.89. The standard InChI is InChI=1S/C40H34O2S/c1-27-5-13-31(14-6-27)35-21-36(32-15-7-28(2)8-16-32)24-39(23-35)43(41,42)40-25-37(33-17-9-29(3)10-18-33)22-38(26-40)34-19-11-30(4)12-20-34/h5-26H,1-4H3. The molecule has 6 aromatic rings. The lowest BCUT2D eigenvalue weighted by atomic mass is 9.98. The molecule has 0 unspecified atom stereocenters. The highest BCUT2D eigenvalue weighted by Crippen LogP contribution is 2.36. The molecule has 0 aliphatic carbocycles. The van der Waals surface area contributed by atoms with Crippen molar-refractivity contribution in [2.24, 2.45) is 0 Å². The molecule has 0 atom stereocenters. The van der Waals surface area contributed by atoms with Gasteiger partial charge in [-0.2, -0.15) is 0 Å². The normalized spacial score (nSPS) is 11.4. The Morgan fingerprint density at radius 2 is 0.512 bits per heavy atom. The largest absolute Gasteiger partial charge is 0.219 e. The summed E-state index contributed by atoms with van der Waals surface area (Å²) < 4.78 is 29.2. The summed E-state index contributed by atoms with van der Waals surface area (Å²) in [5.41, 5.74) is 12.0. The molecule has 0 saturated heterocycles. The van der Waals surface area contributed by atoms with Crippen LogP contribution in [0, 0.1) is 27.7 Å². The van der Waals surface area contributed by atoms with Gasteiger partial charge in [0, 0.05) is 0 Å². The van der Waals surface area contributed by atoms with E-state index in [2.05, 4.69) is 88.4 Å². The van der Waals surface area contributed by atoms with Crippen molar-refractivity contribution in [3.63, 3.8) is 0 Å². The highest BCUT2D eigenvalue weighted by Gasteiger charge is 2.22. The Morgan fingerprint density at radius 1 is 0.302 bits per heavy atom. The summed E-state index contributed by atoms with van der Waals surface area (Å²) in [6.45, 7) is 8.20. The predicted octanol–water partition coefficient (Wildman–Crippen LogP) is 10.4. The van der Waals surface area contributed by atoms with E-state index in [-0.39, 0.29) is 9.79 Å². The van der Waals surface area contributed by atoms with Crippen molar-refractivity contribution in [2.75, 3.05) is 0 Å². The topological polar surface area (TPSA) is 34.1 Å². The second-order valence-electron chi connectivity index (χ2n) is 11.5. The summed E-state index contributed by atoms with van der Waals surface area (Å²) in [6, 6.07) is 44.2. The van der Waals surface area contributed by atoms with Crippen molar-refractivity contribution in [3.05, 3.63) is 156 Å². The van der Waals surface area contributed by atoms with Crippen LogP contribution in [0.15, 0.2) is 143 Å². The van der Waals surface area contributed by atoms with Gasteiger partial charge >= 0.3 is 0 Å². The quantitative estimate of drug-likeness (QED) is 0.197. The molecule has 0 radical (unpaired) electrons. The summed E-state index contributed by atoms with van der Waals surface area (Å²) in [5.74, 6) is 0. The second-order valence-corrected chi connectivity index (χ2v) is 13.4. The van der Waals surface area contributed by atoms with E-state index in [1.807, 2.05) is 72.8 Å². The van der Waals surface area contributed by atoms with Crippen LogP contribution in [0.4, 0.5) is 0 Å². The first kappa shape index (κ1) is 28.4. The molecule has 43 heavy (non-hydrogen) atoms. The molecule has 0 aromatic heterocycles. The molecule has 212 valence electrons. The molecule has 0 fully saturated rings. The number of hydrogen-bond donors (Lipinski definition) is 0. The molecule has 0 aliphatic heterocycles. The van der Waals surface area contributed by atoms with Crippen molar-refractivity contribution in [1.29, 1.82) is 0 Å². The lowest BCUT2D eigenvalue weighted by Gasteiger charge is -2.15. The number of rotatable bonds is 6. The van der Waals surface area contributed by atoms with Crippen LogP contribution in [-0.2, 0) is 9.84 Å². The molecule has 0 bridgehead atoms. The van der Waals surface area contributed by atoms with Gasteiger partial charge in [-0.05, 0) is 109 Å². The Morgan fingerprint density at radius 3 is 0.721 bits per heavy atom. The van der Waals surface area contributed by atoms with Crippen LogP contribution >= 0.6 is 0 Å². The summed E-state index contributed by atoms with van der Waals surface area (Å²) in [4.78, 5) is 0.550. The molecule has 0 amide bonds. The maximum atomic E-state index is 14.6. The van der Waals surface area contributed by atoms with Crippen LogP contribution in [0.25, 0.3) is 44.5 Å². The average Bonchev–Trinajstić information content (AvgIpc) is 3.02. The highest BCUT2D eigenvalue weighted by atomic mass is 32.2. The Balaban J connectivity index is 1.56. The van der Waals surface area contributed by atoms with E-state index in [1.165, 1.54) is 0 Å². The summed E-state index contributed by atoms with van der Waals surface area (Å²) in [5, 5.41) is 0. The number of sulfone groups is 1. The Kier molecular flexibility index (Phi) is 7.60.